The zero-order valence-electron chi connectivity index (χ0n) is 14.3. The Morgan fingerprint density at radius 2 is 1.57 bits per heavy atom. The van der Waals surface area contributed by atoms with E-state index >= 15 is 0 Å². The normalized spacial score (nSPS) is 12.0. The van der Waals surface area contributed by atoms with Crippen LogP contribution in [0.25, 0.3) is 0 Å². The van der Waals surface area contributed by atoms with Gasteiger partial charge in [-0.3, -0.25) is 0 Å². The fraction of sp³-hybridized carbons (Fsp3) is 0.381. The molecule has 0 amide bonds. The van der Waals surface area contributed by atoms with Crippen LogP contribution < -0.4 is 4.74 Å². The molecule has 0 fully saturated rings. The molecule has 0 unspecified atom stereocenters. The van der Waals surface area contributed by atoms with Gasteiger partial charge in [-0.1, -0.05) is 57.9 Å². The van der Waals surface area contributed by atoms with Crippen LogP contribution in [-0.2, 0) is 12.8 Å². The predicted molar refractivity (Wildman–Crippen MR) is 95.0 cm³/mol. The van der Waals surface area contributed by atoms with Crippen molar-refractivity contribution in [2.45, 2.75) is 46.5 Å². The van der Waals surface area contributed by atoms with Gasteiger partial charge in [0.2, 0.25) is 0 Å². The molecule has 0 saturated heterocycles. The molecule has 0 N–H and O–H groups in total. The van der Waals surface area contributed by atoms with Crippen molar-refractivity contribution in [3.05, 3.63) is 65.2 Å². The van der Waals surface area contributed by atoms with E-state index in [1.54, 1.807) is 0 Å². The van der Waals surface area contributed by atoms with Crippen molar-refractivity contribution in [1.82, 2.24) is 0 Å². The highest BCUT2D eigenvalue weighted by Crippen LogP contribution is 2.18. The summed E-state index contributed by atoms with van der Waals surface area (Å²) in [5, 5.41) is 0. The zero-order valence-corrected chi connectivity index (χ0v) is 14.3. The van der Waals surface area contributed by atoms with Crippen molar-refractivity contribution in [3.8, 4) is 5.75 Å². The third kappa shape index (κ3) is 5.24. The largest absolute Gasteiger partial charge is 0.423 e. The third-order valence-electron chi connectivity index (χ3n) is 4.14. The maximum atomic E-state index is 12.2. The fourth-order valence-corrected chi connectivity index (χ4v) is 2.50. The summed E-state index contributed by atoms with van der Waals surface area (Å²) in [6.07, 6.45) is 4.37. The van der Waals surface area contributed by atoms with Crippen LogP contribution in [0.1, 0.15) is 55.1 Å². The number of hydrogen-bond acceptors (Lipinski definition) is 2. The second-order valence-electron chi connectivity index (χ2n) is 6.20. The molecule has 23 heavy (non-hydrogen) atoms. The van der Waals surface area contributed by atoms with Crippen LogP contribution in [-0.4, -0.2) is 5.97 Å². The lowest BCUT2D eigenvalue weighted by Crippen LogP contribution is -2.08. The van der Waals surface area contributed by atoms with Gasteiger partial charge in [0.25, 0.3) is 0 Å². The summed E-state index contributed by atoms with van der Waals surface area (Å²) in [7, 11) is 0. The van der Waals surface area contributed by atoms with Crippen molar-refractivity contribution in [2.75, 3.05) is 0 Å². The average molecular weight is 310 g/mol. The molecule has 2 rings (SSSR count). The molecule has 0 aliphatic rings. The van der Waals surface area contributed by atoms with Crippen molar-refractivity contribution >= 4 is 5.97 Å². The Morgan fingerprint density at radius 3 is 2.13 bits per heavy atom. The lowest BCUT2D eigenvalue weighted by molar-refractivity contribution is 0.0734. The Labute approximate surface area is 139 Å². The van der Waals surface area contributed by atoms with Gasteiger partial charge in [-0.15, -0.1) is 0 Å². The zero-order chi connectivity index (χ0) is 16.7. The Kier molecular flexibility index (Phi) is 6.40. The maximum absolute atomic E-state index is 12.2. The first-order valence-corrected chi connectivity index (χ1v) is 8.52. The van der Waals surface area contributed by atoms with Crippen LogP contribution in [0.4, 0.5) is 0 Å². The second kappa shape index (κ2) is 8.52. The first-order valence-electron chi connectivity index (χ1n) is 8.52. The molecule has 1 atom stereocenters. The SMILES string of the molecule is CCCc1ccc(C(=O)Oc2ccc(C[C@@H](C)CC)cc2)cc1. The summed E-state index contributed by atoms with van der Waals surface area (Å²) < 4.78 is 5.45. The second-order valence-corrected chi connectivity index (χ2v) is 6.20. The highest BCUT2D eigenvalue weighted by atomic mass is 16.5. The number of ether oxygens (including phenoxy) is 1. The van der Waals surface area contributed by atoms with E-state index in [2.05, 4.69) is 20.8 Å². The lowest BCUT2D eigenvalue weighted by Gasteiger charge is -2.09. The molecule has 0 spiro atoms. The van der Waals surface area contributed by atoms with E-state index in [0.29, 0.717) is 17.2 Å². The molecule has 0 saturated carbocycles. The van der Waals surface area contributed by atoms with Crippen LogP contribution >= 0.6 is 0 Å². The molecule has 2 aromatic carbocycles. The van der Waals surface area contributed by atoms with E-state index in [4.69, 9.17) is 4.74 Å². The molecular weight excluding hydrogens is 284 g/mol. The van der Waals surface area contributed by atoms with Crippen LogP contribution in [0.3, 0.4) is 0 Å². The van der Waals surface area contributed by atoms with Gasteiger partial charge < -0.3 is 4.74 Å². The van der Waals surface area contributed by atoms with Crippen molar-refractivity contribution in [1.29, 1.82) is 0 Å². The number of benzene rings is 2. The summed E-state index contributed by atoms with van der Waals surface area (Å²) in [4.78, 5) is 12.2. The quantitative estimate of drug-likeness (QED) is 0.502. The first kappa shape index (κ1) is 17.3. The molecular formula is C21H26O2. The lowest BCUT2D eigenvalue weighted by atomic mass is 9.99. The summed E-state index contributed by atoms with van der Waals surface area (Å²) in [6, 6.07) is 15.5. The Bertz CT molecular complexity index is 611. The highest BCUT2D eigenvalue weighted by molar-refractivity contribution is 5.91. The van der Waals surface area contributed by atoms with Crippen LogP contribution in [0.5, 0.6) is 5.75 Å². The molecule has 2 nitrogen and oxygen atoms in total. The molecule has 122 valence electrons. The van der Waals surface area contributed by atoms with Crippen molar-refractivity contribution in [3.63, 3.8) is 0 Å². The first-order chi connectivity index (χ1) is 11.1. The molecule has 2 aromatic rings. The highest BCUT2D eigenvalue weighted by Gasteiger charge is 2.09. The van der Waals surface area contributed by atoms with E-state index in [9.17, 15) is 4.79 Å². The Balaban J connectivity index is 1.96. The van der Waals surface area contributed by atoms with E-state index in [1.165, 1.54) is 17.5 Å². The average Bonchev–Trinajstić information content (AvgIpc) is 2.57. The van der Waals surface area contributed by atoms with Gasteiger partial charge in [0, 0.05) is 0 Å². The topological polar surface area (TPSA) is 26.3 Å². The predicted octanol–water partition coefficient (Wildman–Crippen LogP) is 5.45. The number of carbonyl (C=O) groups is 1. The standard InChI is InChI=1S/C21H26O2/c1-4-6-17-7-11-19(12-8-17)21(22)23-20-13-9-18(10-14-20)15-16(3)5-2/h7-14,16H,4-6,15H2,1-3H3/t16-/m0/s1. The molecule has 0 bridgehead atoms. The summed E-state index contributed by atoms with van der Waals surface area (Å²) >= 11 is 0. The van der Waals surface area contributed by atoms with Crippen LogP contribution in [0.2, 0.25) is 0 Å². The molecule has 0 heterocycles. The number of esters is 1. The summed E-state index contributed by atoms with van der Waals surface area (Å²) in [5.41, 5.74) is 3.12. The van der Waals surface area contributed by atoms with Gasteiger partial charge in [0.1, 0.15) is 5.75 Å². The molecule has 0 radical (unpaired) electrons. The van der Waals surface area contributed by atoms with Gasteiger partial charge in [-0.2, -0.15) is 0 Å². The van der Waals surface area contributed by atoms with Crippen LogP contribution in [0.15, 0.2) is 48.5 Å². The van der Waals surface area contributed by atoms with Gasteiger partial charge in [0.15, 0.2) is 0 Å². The van der Waals surface area contributed by atoms with Gasteiger partial charge >= 0.3 is 5.97 Å². The minimum absolute atomic E-state index is 0.303. The van der Waals surface area contributed by atoms with Gasteiger partial charge in [0.05, 0.1) is 5.56 Å². The minimum Gasteiger partial charge on any atom is -0.423 e. The number of hydrogen-bond donors (Lipinski definition) is 0. The van der Waals surface area contributed by atoms with E-state index < -0.39 is 0 Å². The number of carbonyl (C=O) groups excluding carboxylic acids is 1. The summed E-state index contributed by atoms with van der Waals surface area (Å²) in [5.74, 6) is 0.966. The Hall–Kier alpha value is -2.09. The fourth-order valence-electron chi connectivity index (χ4n) is 2.50. The molecule has 0 aliphatic heterocycles. The van der Waals surface area contributed by atoms with Crippen molar-refractivity contribution < 1.29 is 9.53 Å². The Morgan fingerprint density at radius 1 is 0.957 bits per heavy atom. The minimum atomic E-state index is -0.303. The molecule has 0 aliphatic carbocycles. The van der Waals surface area contributed by atoms with Crippen molar-refractivity contribution in [2.24, 2.45) is 5.92 Å². The van der Waals surface area contributed by atoms with E-state index in [-0.39, 0.29) is 5.97 Å². The molecule has 2 heteroatoms. The molecule has 0 aromatic heterocycles. The van der Waals surface area contributed by atoms with Gasteiger partial charge in [-0.05, 0) is 54.2 Å². The summed E-state index contributed by atoms with van der Waals surface area (Å²) in [6.45, 7) is 6.59. The van der Waals surface area contributed by atoms with Crippen LogP contribution in [0, 0.1) is 5.92 Å². The number of aryl methyl sites for hydroxylation is 1. The third-order valence-corrected chi connectivity index (χ3v) is 4.14. The van der Waals surface area contributed by atoms with E-state index in [1.807, 2.05) is 48.5 Å². The maximum Gasteiger partial charge on any atom is 0.343 e. The van der Waals surface area contributed by atoms with E-state index in [0.717, 1.165) is 19.3 Å². The smallest absolute Gasteiger partial charge is 0.343 e. The number of rotatable bonds is 7. The van der Waals surface area contributed by atoms with Gasteiger partial charge in [-0.25, -0.2) is 4.79 Å². The monoisotopic (exact) mass is 310 g/mol.